The normalized spacial score (nSPS) is 20.2. The highest BCUT2D eigenvalue weighted by molar-refractivity contribution is 5.86. The summed E-state index contributed by atoms with van der Waals surface area (Å²) < 4.78 is 14.5. The van der Waals surface area contributed by atoms with Gasteiger partial charge in [0, 0.05) is 11.6 Å². The van der Waals surface area contributed by atoms with E-state index in [0.717, 1.165) is 12.8 Å². The number of hydrogen-bond acceptors (Lipinski definition) is 5. The number of ether oxygens (including phenoxy) is 3. The second kappa shape index (κ2) is 7.74. The first-order valence-corrected chi connectivity index (χ1v) is 6.30. The number of rotatable bonds is 5. The monoisotopic (exact) mass is 268 g/mol. The number of hydrogen-bond donors (Lipinski definition) is 0. The molecule has 19 heavy (non-hydrogen) atoms. The molecule has 0 bridgehead atoms. The van der Waals surface area contributed by atoms with Crippen LogP contribution in [0.15, 0.2) is 24.8 Å². The first-order chi connectivity index (χ1) is 9.02. The summed E-state index contributed by atoms with van der Waals surface area (Å²) in [4.78, 5) is 21.2. The molecule has 0 aromatic rings. The predicted octanol–water partition coefficient (Wildman–Crippen LogP) is 1.77. The van der Waals surface area contributed by atoms with Crippen LogP contribution in [0.4, 0.5) is 0 Å². The van der Waals surface area contributed by atoms with E-state index in [1.807, 2.05) is 0 Å². The van der Waals surface area contributed by atoms with Crippen molar-refractivity contribution < 1.29 is 23.8 Å². The lowest BCUT2D eigenvalue weighted by molar-refractivity contribution is -0.146. The van der Waals surface area contributed by atoms with E-state index in [4.69, 9.17) is 14.2 Å². The van der Waals surface area contributed by atoms with Crippen LogP contribution in [0.25, 0.3) is 0 Å². The van der Waals surface area contributed by atoms with Crippen molar-refractivity contribution in [3.63, 3.8) is 0 Å². The van der Waals surface area contributed by atoms with E-state index in [-0.39, 0.29) is 24.1 Å². The third kappa shape index (κ3) is 6.76. The summed E-state index contributed by atoms with van der Waals surface area (Å²) in [7, 11) is 0. The zero-order valence-corrected chi connectivity index (χ0v) is 11.2. The van der Waals surface area contributed by atoms with E-state index in [1.54, 1.807) is 6.92 Å². The van der Waals surface area contributed by atoms with E-state index in [9.17, 15) is 9.59 Å². The van der Waals surface area contributed by atoms with Crippen molar-refractivity contribution in [2.45, 2.75) is 38.4 Å². The molecule has 1 unspecified atom stereocenters. The van der Waals surface area contributed by atoms with Crippen molar-refractivity contribution in [2.24, 2.45) is 0 Å². The first-order valence-electron chi connectivity index (χ1n) is 6.30. The van der Waals surface area contributed by atoms with Crippen LogP contribution < -0.4 is 0 Å². The molecule has 1 aliphatic carbocycles. The second-order valence-corrected chi connectivity index (χ2v) is 4.53. The van der Waals surface area contributed by atoms with Crippen LogP contribution >= 0.6 is 0 Å². The molecule has 0 amide bonds. The minimum Gasteiger partial charge on any atom is -0.459 e. The quantitative estimate of drug-likeness (QED) is 0.432. The molecule has 1 saturated carbocycles. The van der Waals surface area contributed by atoms with Crippen LogP contribution in [0.1, 0.15) is 26.2 Å². The van der Waals surface area contributed by atoms with Crippen molar-refractivity contribution in [2.75, 3.05) is 13.2 Å². The van der Waals surface area contributed by atoms with Gasteiger partial charge in [0.05, 0.1) is 6.61 Å². The van der Waals surface area contributed by atoms with Gasteiger partial charge < -0.3 is 14.2 Å². The molecule has 1 aliphatic heterocycles. The lowest BCUT2D eigenvalue weighted by Crippen LogP contribution is -2.23. The molecule has 1 saturated heterocycles. The molecular weight excluding hydrogens is 248 g/mol. The topological polar surface area (TPSA) is 65.1 Å². The lowest BCUT2D eigenvalue weighted by Gasteiger charge is -2.24. The molecule has 5 nitrogen and oxygen atoms in total. The van der Waals surface area contributed by atoms with Crippen LogP contribution in [0.5, 0.6) is 0 Å². The molecule has 0 N–H and O–H groups in total. The minimum atomic E-state index is -0.337. The summed E-state index contributed by atoms with van der Waals surface area (Å²) in [5, 5.41) is 0. The Kier molecular flexibility index (Phi) is 6.29. The van der Waals surface area contributed by atoms with Crippen LogP contribution in [0, 0.1) is 0 Å². The number of epoxide rings is 1. The molecule has 2 fully saturated rings. The molecule has 5 heteroatoms. The molecule has 0 radical (unpaired) electrons. The van der Waals surface area contributed by atoms with E-state index < -0.39 is 0 Å². The maximum Gasteiger partial charge on any atom is 0.333 e. The van der Waals surface area contributed by atoms with Crippen LogP contribution in [0.3, 0.4) is 0 Å². The SMILES string of the molecule is C=C(C)C(=O)OCC1CO1.C=CC(=O)OC1CCC1. The van der Waals surface area contributed by atoms with Crippen molar-refractivity contribution >= 4 is 11.9 Å². The lowest BCUT2D eigenvalue weighted by atomic mass is 9.96. The predicted molar refractivity (Wildman–Crippen MR) is 69.4 cm³/mol. The van der Waals surface area contributed by atoms with Crippen molar-refractivity contribution in [3.8, 4) is 0 Å². The van der Waals surface area contributed by atoms with Crippen molar-refractivity contribution in [1.82, 2.24) is 0 Å². The van der Waals surface area contributed by atoms with Gasteiger partial charge in [0.15, 0.2) is 0 Å². The fourth-order valence-corrected chi connectivity index (χ4v) is 1.16. The Morgan fingerprint density at radius 3 is 2.42 bits per heavy atom. The molecule has 2 aliphatic rings. The molecule has 2 rings (SSSR count). The van der Waals surface area contributed by atoms with Crippen molar-refractivity contribution in [1.29, 1.82) is 0 Å². The number of carbonyl (C=O) groups excluding carboxylic acids is 2. The summed E-state index contributed by atoms with van der Waals surface area (Å²) in [6.45, 7) is 9.44. The standard InChI is InChI=1S/C7H10O3.C7H10O2/c1-5(2)7(8)10-4-6-3-9-6;1-2-7(8)9-6-4-3-5-6/h6H,1,3-4H2,2H3;2,6H,1,3-5H2. The zero-order chi connectivity index (χ0) is 14.3. The third-order valence-electron chi connectivity index (χ3n) is 2.65. The Morgan fingerprint density at radius 2 is 2.05 bits per heavy atom. The molecule has 1 heterocycles. The van der Waals surface area contributed by atoms with Crippen molar-refractivity contribution in [3.05, 3.63) is 24.8 Å². The van der Waals surface area contributed by atoms with E-state index in [1.165, 1.54) is 12.5 Å². The van der Waals surface area contributed by atoms with Crippen LogP contribution in [0.2, 0.25) is 0 Å². The maximum atomic E-state index is 10.7. The highest BCUT2D eigenvalue weighted by atomic mass is 16.6. The largest absolute Gasteiger partial charge is 0.459 e. The molecule has 1 atom stereocenters. The van der Waals surface area contributed by atoms with Crippen LogP contribution in [-0.4, -0.2) is 37.4 Å². The number of carbonyl (C=O) groups is 2. The van der Waals surface area contributed by atoms with Gasteiger partial charge in [-0.15, -0.1) is 0 Å². The average Bonchev–Trinajstić information content (AvgIpc) is 3.15. The Hall–Kier alpha value is -1.62. The Bertz CT molecular complexity index is 353. The van der Waals surface area contributed by atoms with Gasteiger partial charge in [0.25, 0.3) is 0 Å². The van der Waals surface area contributed by atoms with Gasteiger partial charge in [-0.2, -0.15) is 0 Å². The molecule has 0 spiro atoms. The van der Waals surface area contributed by atoms with E-state index >= 15 is 0 Å². The van der Waals surface area contributed by atoms with Gasteiger partial charge in [0.2, 0.25) is 0 Å². The van der Waals surface area contributed by atoms with Gasteiger partial charge in [0.1, 0.15) is 18.8 Å². The Labute approximate surface area is 113 Å². The fraction of sp³-hybridized carbons (Fsp3) is 0.571. The Balaban J connectivity index is 0.000000191. The fourth-order valence-electron chi connectivity index (χ4n) is 1.16. The van der Waals surface area contributed by atoms with E-state index in [2.05, 4.69) is 13.2 Å². The second-order valence-electron chi connectivity index (χ2n) is 4.53. The summed E-state index contributed by atoms with van der Waals surface area (Å²) >= 11 is 0. The number of esters is 2. The van der Waals surface area contributed by atoms with Gasteiger partial charge in [-0.05, 0) is 26.2 Å². The maximum absolute atomic E-state index is 10.7. The van der Waals surface area contributed by atoms with Gasteiger partial charge in [-0.3, -0.25) is 0 Å². The third-order valence-corrected chi connectivity index (χ3v) is 2.65. The summed E-state index contributed by atoms with van der Waals surface area (Å²) in [6.07, 6.45) is 4.78. The molecule has 0 aromatic carbocycles. The summed E-state index contributed by atoms with van der Waals surface area (Å²) in [6, 6.07) is 0. The van der Waals surface area contributed by atoms with Gasteiger partial charge >= 0.3 is 11.9 Å². The average molecular weight is 268 g/mol. The van der Waals surface area contributed by atoms with E-state index in [0.29, 0.717) is 18.8 Å². The van der Waals surface area contributed by atoms with Crippen LogP contribution in [-0.2, 0) is 23.8 Å². The summed E-state index contributed by atoms with van der Waals surface area (Å²) in [5.74, 6) is -0.629. The minimum absolute atomic E-state index is 0.142. The molecule has 106 valence electrons. The molecular formula is C14H20O5. The smallest absolute Gasteiger partial charge is 0.333 e. The van der Waals surface area contributed by atoms with Gasteiger partial charge in [-0.25, -0.2) is 9.59 Å². The highest BCUT2D eigenvalue weighted by Crippen LogP contribution is 2.21. The van der Waals surface area contributed by atoms with Gasteiger partial charge in [-0.1, -0.05) is 13.2 Å². The Morgan fingerprint density at radius 1 is 1.42 bits per heavy atom. The highest BCUT2D eigenvalue weighted by Gasteiger charge is 2.24. The zero-order valence-electron chi connectivity index (χ0n) is 11.2. The molecule has 0 aromatic heterocycles. The summed E-state index contributed by atoms with van der Waals surface area (Å²) in [5.41, 5.74) is 0.431. The first kappa shape index (κ1) is 15.4.